The third-order valence-corrected chi connectivity index (χ3v) is 24.0. The topological polar surface area (TPSA) is 32.8 Å². The largest absolute Gasteiger partial charge is 0.456 e. The van der Waals surface area contributed by atoms with Crippen molar-refractivity contribution < 1.29 is 8.83 Å². The lowest BCUT2D eigenvalue weighted by Crippen LogP contribution is -2.17. The van der Waals surface area contributed by atoms with E-state index in [0.29, 0.717) is 0 Å². The molecule has 2 aromatic heterocycles. The number of rotatable bonds is 10. The maximum atomic E-state index is 7.33. The van der Waals surface area contributed by atoms with Crippen molar-refractivity contribution in [2.24, 2.45) is 0 Å². The molecule has 0 amide bonds. The molecular weight excluding hydrogens is 1310 g/mol. The smallest absolute Gasteiger partial charge is 0.137 e. The van der Waals surface area contributed by atoms with E-state index >= 15 is 0 Å². The molecule has 2 heterocycles. The molecule has 0 atom stereocenters. The van der Waals surface area contributed by atoms with Crippen LogP contribution in [0.3, 0.4) is 0 Å². The van der Waals surface area contributed by atoms with Crippen LogP contribution in [0.15, 0.2) is 361 Å². The zero-order valence-electron chi connectivity index (χ0n) is 60.2. The first-order valence-corrected chi connectivity index (χ1v) is 37.6. The van der Waals surface area contributed by atoms with E-state index in [-0.39, 0.29) is 10.8 Å². The molecule has 0 bridgehead atoms. The van der Waals surface area contributed by atoms with E-state index in [1.54, 1.807) is 0 Å². The van der Waals surface area contributed by atoms with Gasteiger partial charge in [0.25, 0.3) is 0 Å². The predicted molar refractivity (Wildman–Crippen MR) is 455 cm³/mol. The number of nitrogens with zero attached hydrogens (tertiary/aromatic N) is 2. The van der Waals surface area contributed by atoms with E-state index < -0.39 is 0 Å². The van der Waals surface area contributed by atoms with Crippen LogP contribution in [0, 0.1) is 0 Å². The Hall–Kier alpha value is -13.5. The molecule has 18 aromatic carbocycles. The number of hydrogen-bond acceptors (Lipinski definition) is 4. The molecule has 0 spiro atoms. The van der Waals surface area contributed by atoms with E-state index in [2.05, 4.69) is 383 Å². The Bertz CT molecular complexity index is 7140. The van der Waals surface area contributed by atoms with Crippen LogP contribution in [0.1, 0.15) is 49.9 Å². The van der Waals surface area contributed by atoms with E-state index in [0.717, 1.165) is 133 Å². The SMILES string of the molecule is CC1(C)c2ccccc2-c2ccc(N(c3ccc4c5ccccc5c5ccccc5c4c3)c3cc4oc5cc(-c6ccc7c(N(c8ccc(-c9cc%10oc%11ccccc%11c%10cc9-c9ccccc9)cc8)c8ccc9c(c8)C(C)(C)c8ccccc8-9)cc8ccccc8c7c6)ccc5c4cc3-c3ccccc3)cc21. The zero-order chi connectivity index (χ0) is 71.7. The normalized spacial score (nSPS) is 13.3. The standard InChI is InChI=1S/C104H70N2O2/c1-103(2)93-36-20-17-33-79(93)81-51-46-71(57-95(81)103)105(69-43-39-65(40-44-69)87-61-101-91(84-35-19-22-38-99(84)107-101)59-86(87)63-23-7-5-8-24-63)97-54-68-27-11-12-28-73(68)89-53-66(41-48-83(89)97)67-42-49-85-92-60-88(64-25-9-6-10-26-64)98(62-102(92)108-100(85)55-67)106(72-47-52-82-80-34-18-21-37-94(80)104(3,4)96(82)58-72)70-45-50-78-76-31-14-13-29-74(76)75-30-15-16-32-77(75)90(78)56-70/h5-62H,1-4H3. The summed E-state index contributed by atoms with van der Waals surface area (Å²) in [6, 6.07) is 131. The fourth-order valence-corrected chi connectivity index (χ4v) is 18.7. The van der Waals surface area contributed by atoms with E-state index in [9.17, 15) is 0 Å². The van der Waals surface area contributed by atoms with Crippen LogP contribution in [0.2, 0.25) is 0 Å². The number of benzene rings is 18. The van der Waals surface area contributed by atoms with Gasteiger partial charge in [-0.15, -0.1) is 0 Å². The van der Waals surface area contributed by atoms with Crippen LogP contribution >= 0.6 is 0 Å². The summed E-state index contributed by atoms with van der Waals surface area (Å²) in [4.78, 5) is 4.98. The molecular formula is C104H70N2O2. The van der Waals surface area contributed by atoms with Gasteiger partial charge in [0.05, 0.1) is 11.4 Å². The maximum Gasteiger partial charge on any atom is 0.137 e. The number of fused-ring (bicyclic) bond motifs is 21. The van der Waals surface area contributed by atoms with E-state index in [1.807, 2.05) is 6.07 Å². The monoisotopic (exact) mass is 1380 g/mol. The molecule has 0 saturated heterocycles. The second-order valence-electron chi connectivity index (χ2n) is 30.6. The third-order valence-electron chi connectivity index (χ3n) is 24.0. The lowest BCUT2D eigenvalue weighted by atomic mass is 9.82. The van der Waals surface area contributed by atoms with Crippen molar-refractivity contribution in [3.63, 3.8) is 0 Å². The highest BCUT2D eigenvalue weighted by Crippen LogP contribution is 2.56. The number of para-hydroxylation sites is 1. The molecule has 0 radical (unpaired) electrons. The summed E-state index contributed by atoms with van der Waals surface area (Å²) < 4.78 is 13.9. The highest BCUT2D eigenvalue weighted by atomic mass is 16.3. The number of anilines is 6. The fourth-order valence-electron chi connectivity index (χ4n) is 18.7. The Morgan fingerprint density at radius 2 is 0.593 bits per heavy atom. The summed E-state index contributed by atoms with van der Waals surface area (Å²) in [5.41, 5.74) is 28.8. The van der Waals surface area contributed by atoms with E-state index in [1.165, 1.54) is 87.6 Å². The van der Waals surface area contributed by atoms with Gasteiger partial charge in [0, 0.05) is 72.1 Å². The fraction of sp³-hybridized carbons (Fsp3) is 0.0577. The van der Waals surface area contributed by atoms with Crippen molar-refractivity contribution in [2.45, 2.75) is 38.5 Å². The molecule has 0 unspecified atom stereocenters. The maximum absolute atomic E-state index is 7.33. The Balaban J connectivity index is 0.704. The van der Waals surface area contributed by atoms with Crippen LogP contribution in [-0.4, -0.2) is 0 Å². The Kier molecular flexibility index (Phi) is 13.5. The molecule has 508 valence electrons. The highest BCUT2D eigenvalue weighted by molar-refractivity contribution is 6.26. The van der Waals surface area contributed by atoms with Crippen LogP contribution in [0.25, 0.3) is 165 Å². The summed E-state index contributed by atoms with van der Waals surface area (Å²) >= 11 is 0. The van der Waals surface area contributed by atoms with E-state index in [4.69, 9.17) is 8.83 Å². The van der Waals surface area contributed by atoms with Crippen molar-refractivity contribution >= 4 is 132 Å². The first kappa shape index (κ1) is 61.9. The summed E-state index contributed by atoms with van der Waals surface area (Å²) in [5.74, 6) is 0. The molecule has 2 aliphatic rings. The Morgan fingerprint density at radius 1 is 0.194 bits per heavy atom. The molecule has 4 nitrogen and oxygen atoms in total. The molecule has 4 heteroatoms. The molecule has 20 aromatic rings. The summed E-state index contributed by atoms with van der Waals surface area (Å²) in [6.07, 6.45) is 0. The predicted octanol–water partition coefficient (Wildman–Crippen LogP) is 29.5. The van der Waals surface area contributed by atoms with Gasteiger partial charge in [-0.1, -0.05) is 276 Å². The van der Waals surface area contributed by atoms with Crippen LogP contribution in [-0.2, 0) is 10.8 Å². The van der Waals surface area contributed by atoms with Crippen molar-refractivity contribution in [2.75, 3.05) is 9.80 Å². The van der Waals surface area contributed by atoms with Crippen LogP contribution in [0.4, 0.5) is 34.1 Å². The van der Waals surface area contributed by atoms with Crippen LogP contribution < -0.4 is 9.80 Å². The lowest BCUT2D eigenvalue weighted by molar-refractivity contribution is 0.660. The average Bonchev–Trinajstić information content (AvgIpc) is 1.46. The number of hydrogen-bond donors (Lipinski definition) is 0. The van der Waals surface area contributed by atoms with Crippen molar-refractivity contribution in [3.05, 3.63) is 374 Å². The van der Waals surface area contributed by atoms with Gasteiger partial charge >= 0.3 is 0 Å². The molecule has 0 fully saturated rings. The minimum atomic E-state index is -0.221. The minimum Gasteiger partial charge on any atom is -0.456 e. The molecule has 22 rings (SSSR count). The molecule has 108 heavy (non-hydrogen) atoms. The average molecular weight is 1380 g/mol. The zero-order valence-corrected chi connectivity index (χ0v) is 60.2. The van der Waals surface area contributed by atoms with Gasteiger partial charge in [-0.3, -0.25) is 0 Å². The summed E-state index contributed by atoms with van der Waals surface area (Å²) in [5, 5.41) is 16.4. The Morgan fingerprint density at radius 3 is 1.24 bits per heavy atom. The van der Waals surface area contributed by atoms with Gasteiger partial charge in [0.1, 0.15) is 22.3 Å². The van der Waals surface area contributed by atoms with Crippen molar-refractivity contribution in [3.8, 4) is 66.8 Å². The van der Waals surface area contributed by atoms with Gasteiger partial charge in [0.15, 0.2) is 0 Å². The molecule has 0 aliphatic heterocycles. The van der Waals surface area contributed by atoms with Crippen LogP contribution in [0.5, 0.6) is 0 Å². The summed E-state index contributed by atoms with van der Waals surface area (Å²) in [7, 11) is 0. The second kappa shape index (κ2) is 23.5. The molecule has 0 saturated carbocycles. The van der Waals surface area contributed by atoms with Gasteiger partial charge in [0.2, 0.25) is 0 Å². The van der Waals surface area contributed by atoms with Crippen molar-refractivity contribution in [1.29, 1.82) is 0 Å². The number of furan rings is 2. The molecule has 2 aliphatic carbocycles. The second-order valence-corrected chi connectivity index (χ2v) is 30.6. The van der Waals surface area contributed by atoms with Gasteiger partial charge in [-0.25, -0.2) is 0 Å². The molecule has 0 N–H and O–H groups in total. The van der Waals surface area contributed by atoms with Gasteiger partial charge in [-0.2, -0.15) is 0 Å². The van der Waals surface area contributed by atoms with Crippen molar-refractivity contribution in [1.82, 2.24) is 0 Å². The highest BCUT2D eigenvalue weighted by Gasteiger charge is 2.38. The first-order valence-electron chi connectivity index (χ1n) is 37.6. The minimum absolute atomic E-state index is 0.215. The van der Waals surface area contributed by atoms with Gasteiger partial charge < -0.3 is 18.6 Å². The Labute approximate surface area is 625 Å². The third kappa shape index (κ3) is 9.36. The quantitative estimate of drug-likeness (QED) is 0.128. The summed E-state index contributed by atoms with van der Waals surface area (Å²) in [6.45, 7) is 9.49. The lowest BCUT2D eigenvalue weighted by Gasteiger charge is -2.30. The van der Waals surface area contributed by atoms with Gasteiger partial charge in [-0.05, 0) is 229 Å². The first-order chi connectivity index (χ1) is 53.0.